The average molecular weight is 182 g/mol. The van der Waals surface area contributed by atoms with E-state index in [2.05, 4.69) is 4.98 Å². The van der Waals surface area contributed by atoms with Crippen molar-refractivity contribution in [3.05, 3.63) is 35.0 Å². The number of hydrogen-bond acceptors (Lipinski definition) is 1. The van der Waals surface area contributed by atoms with Crippen LogP contribution in [0.1, 0.15) is 5.56 Å². The molecule has 3 heteroatoms. The van der Waals surface area contributed by atoms with Gasteiger partial charge in [-0.1, -0.05) is 11.6 Å². The molecule has 0 aliphatic rings. The fourth-order valence-electron chi connectivity index (χ4n) is 1.24. The number of nitrogens with one attached hydrogen (secondary N) is 1. The number of aromatic nitrogens is 1. The normalized spacial score (nSPS) is 10.8. The number of halogens is 1. The second-order valence-electron chi connectivity index (χ2n) is 2.67. The number of aliphatic hydroxyl groups is 1. The van der Waals surface area contributed by atoms with Gasteiger partial charge < -0.3 is 10.1 Å². The van der Waals surface area contributed by atoms with Crippen LogP contribution in [-0.2, 0) is 6.61 Å². The monoisotopic (exact) mass is 181 g/mol. The van der Waals surface area contributed by atoms with Gasteiger partial charge in [-0.25, -0.2) is 0 Å². The minimum Gasteiger partial charge on any atom is -0.392 e. The van der Waals surface area contributed by atoms with Gasteiger partial charge in [0.25, 0.3) is 0 Å². The van der Waals surface area contributed by atoms with Crippen molar-refractivity contribution in [2.24, 2.45) is 0 Å². The predicted molar refractivity (Wildman–Crippen MR) is 49.2 cm³/mol. The molecule has 0 amide bonds. The number of aliphatic hydroxyl groups excluding tert-OH is 1. The van der Waals surface area contributed by atoms with Crippen molar-refractivity contribution in [2.75, 3.05) is 0 Å². The van der Waals surface area contributed by atoms with E-state index < -0.39 is 0 Å². The molecule has 0 fully saturated rings. The summed E-state index contributed by atoms with van der Waals surface area (Å²) in [6, 6.07) is 5.65. The Balaban J connectivity index is 2.73. The van der Waals surface area contributed by atoms with Crippen LogP contribution in [0.4, 0.5) is 0 Å². The summed E-state index contributed by atoms with van der Waals surface area (Å²) in [5, 5.41) is 10.6. The molecule has 2 N–H and O–H groups in total. The first-order valence-electron chi connectivity index (χ1n) is 3.67. The van der Waals surface area contributed by atoms with Crippen molar-refractivity contribution < 1.29 is 5.11 Å². The highest BCUT2D eigenvalue weighted by Gasteiger charge is 2.01. The van der Waals surface area contributed by atoms with Crippen molar-refractivity contribution in [3.63, 3.8) is 0 Å². The Morgan fingerprint density at radius 1 is 1.42 bits per heavy atom. The fraction of sp³-hybridized carbons (Fsp3) is 0.111. The lowest BCUT2D eigenvalue weighted by Gasteiger charge is -1.99. The molecule has 0 bridgehead atoms. The van der Waals surface area contributed by atoms with E-state index in [0.717, 1.165) is 16.5 Å². The number of hydrogen-bond donors (Lipinski definition) is 2. The van der Waals surface area contributed by atoms with Crippen LogP contribution in [0.3, 0.4) is 0 Å². The van der Waals surface area contributed by atoms with Gasteiger partial charge in [-0.3, -0.25) is 0 Å². The van der Waals surface area contributed by atoms with Crippen LogP contribution in [0.5, 0.6) is 0 Å². The Labute approximate surface area is 74.8 Å². The SMILES string of the molecule is OCc1cc2[nH]ccc2cc1Cl. The van der Waals surface area contributed by atoms with Gasteiger partial charge in [-0.05, 0) is 23.8 Å². The van der Waals surface area contributed by atoms with Crippen LogP contribution in [0, 0.1) is 0 Å². The summed E-state index contributed by atoms with van der Waals surface area (Å²) < 4.78 is 0. The summed E-state index contributed by atoms with van der Waals surface area (Å²) in [7, 11) is 0. The molecule has 0 saturated carbocycles. The number of benzene rings is 1. The van der Waals surface area contributed by atoms with Gasteiger partial charge in [0, 0.05) is 22.1 Å². The lowest BCUT2D eigenvalue weighted by atomic mass is 10.2. The van der Waals surface area contributed by atoms with E-state index in [1.165, 1.54) is 0 Å². The first kappa shape index (κ1) is 7.65. The molecule has 0 spiro atoms. The van der Waals surface area contributed by atoms with E-state index >= 15 is 0 Å². The van der Waals surface area contributed by atoms with Crippen molar-refractivity contribution in [2.45, 2.75) is 6.61 Å². The topological polar surface area (TPSA) is 36.0 Å². The molecule has 1 heterocycles. The van der Waals surface area contributed by atoms with Crippen LogP contribution < -0.4 is 0 Å². The van der Waals surface area contributed by atoms with Crippen molar-refractivity contribution >= 4 is 22.5 Å². The van der Waals surface area contributed by atoms with Gasteiger partial charge >= 0.3 is 0 Å². The summed E-state index contributed by atoms with van der Waals surface area (Å²) in [5.41, 5.74) is 1.76. The molecule has 0 aliphatic carbocycles. The Hall–Kier alpha value is -0.990. The molecule has 12 heavy (non-hydrogen) atoms. The zero-order valence-electron chi connectivity index (χ0n) is 6.34. The number of fused-ring (bicyclic) bond motifs is 1. The second-order valence-corrected chi connectivity index (χ2v) is 3.07. The highest BCUT2D eigenvalue weighted by Crippen LogP contribution is 2.22. The number of rotatable bonds is 1. The molecule has 2 aromatic rings. The standard InChI is InChI=1S/C9H8ClNO/c10-8-3-6-1-2-11-9(6)4-7(8)5-12/h1-4,11-12H,5H2. The molecule has 0 unspecified atom stereocenters. The molecule has 0 aliphatic heterocycles. The fourth-order valence-corrected chi connectivity index (χ4v) is 1.47. The van der Waals surface area contributed by atoms with Gasteiger partial charge in [-0.15, -0.1) is 0 Å². The molecular formula is C9H8ClNO. The second kappa shape index (κ2) is 2.81. The van der Waals surface area contributed by atoms with Crippen LogP contribution in [0.15, 0.2) is 24.4 Å². The van der Waals surface area contributed by atoms with Crippen molar-refractivity contribution in [1.82, 2.24) is 4.98 Å². The molecule has 0 radical (unpaired) electrons. The zero-order valence-corrected chi connectivity index (χ0v) is 7.10. The van der Waals surface area contributed by atoms with Gasteiger partial charge in [0.1, 0.15) is 0 Å². The summed E-state index contributed by atoms with van der Waals surface area (Å²) in [4.78, 5) is 3.05. The largest absolute Gasteiger partial charge is 0.392 e. The van der Waals surface area contributed by atoms with Crippen molar-refractivity contribution in [3.8, 4) is 0 Å². The molecule has 2 nitrogen and oxygen atoms in total. The first-order chi connectivity index (χ1) is 5.81. The quantitative estimate of drug-likeness (QED) is 0.696. The Bertz CT molecular complexity index is 408. The van der Waals surface area contributed by atoms with E-state index in [9.17, 15) is 0 Å². The van der Waals surface area contributed by atoms with Gasteiger partial charge in [-0.2, -0.15) is 0 Å². The minimum atomic E-state index is -0.0200. The van der Waals surface area contributed by atoms with Crippen LogP contribution in [0.2, 0.25) is 5.02 Å². The Kier molecular flexibility index (Phi) is 1.79. The molecule has 62 valence electrons. The zero-order chi connectivity index (χ0) is 8.55. The lowest BCUT2D eigenvalue weighted by Crippen LogP contribution is -1.84. The maximum Gasteiger partial charge on any atom is 0.0697 e. The maximum atomic E-state index is 8.92. The third kappa shape index (κ3) is 1.09. The Morgan fingerprint density at radius 3 is 3.00 bits per heavy atom. The van der Waals surface area contributed by atoms with E-state index in [1.54, 1.807) is 0 Å². The number of H-pyrrole nitrogens is 1. The third-order valence-corrected chi connectivity index (χ3v) is 2.24. The number of aromatic amines is 1. The maximum absolute atomic E-state index is 8.92. The summed E-state index contributed by atoms with van der Waals surface area (Å²) >= 11 is 5.89. The molecule has 0 atom stereocenters. The molecule has 1 aromatic heterocycles. The van der Waals surface area contributed by atoms with Gasteiger partial charge in [0.05, 0.1) is 6.61 Å². The van der Waals surface area contributed by atoms with Crippen LogP contribution in [-0.4, -0.2) is 10.1 Å². The molecular weight excluding hydrogens is 174 g/mol. The van der Waals surface area contributed by atoms with E-state index in [1.807, 2.05) is 24.4 Å². The molecule has 0 saturated heterocycles. The van der Waals surface area contributed by atoms with Gasteiger partial charge in [0.15, 0.2) is 0 Å². The van der Waals surface area contributed by atoms with Crippen LogP contribution >= 0.6 is 11.6 Å². The Morgan fingerprint density at radius 2 is 2.25 bits per heavy atom. The van der Waals surface area contributed by atoms with Gasteiger partial charge in [0.2, 0.25) is 0 Å². The first-order valence-corrected chi connectivity index (χ1v) is 4.05. The molecule has 2 rings (SSSR count). The smallest absolute Gasteiger partial charge is 0.0697 e. The lowest BCUT2D eigenvalue weighted by molar-refractivity contribution is 0.282. The average Bonchev–Trinajstić information content (AvgIpc) is 2.49. The minimum absolute atomic E-state index is 0.0200. The predicted octanol–water partition coefficient (Wildman–Crippen LogP) is 2.31. The summed E-state index contributed by atoms with van der Waals surface area (Å²) in [6.07, 6.45) is 1.85. The third-order valence-electron chi connectivity index (χ3n) is 1.89. The summed E-state index contributed by atoms with van der Waals surface area (Å²) in [5.74, 6) is 0. The van der Waals surface area contributed by atoms with E-state index in [4.69, 9.17) is 16.7 Å². The van der Waals surface area contributed by atoms with Crippen LogP contribution in [0.25, 0.3) is 10.9 Å². The highest BCUT2D eigenvalue weighted by molar-refractivity contribution is 6.32. The van der Waals surface area contributed by atoms with E-state index in [-0.39, 0.29) is 6.61 Å². The van der Waals surface area contributed by atoms with E-state index in [0.29, 0.717) is 5.02 Å². The van der Waals surface area contributed by atoms with Crippen molar-refractivity contribution in [1.29, 1.82) is 0 Å². The summed E-state index contributed by atoms with van der Waals surface area (Å²) in [6.45, 7) is -0.0200. The molecule has 1 aromatic carbocycles. The highest BCUT2D eigenvalue weighted by atomic mass is 35.5.